The maximum Gasteiger partial charge on any atom is 0.168 e. The summed E-state index contributed by atoms with van der Waals surface area (Å²) >= 11 is 1.71. The molecule has 0 radical (unpaired) electrons. The highest BCUT2D eigenvalue weighted by molar-refractivity contribution is 7.13. The molecule has 2 aliphatic rings. The van der Waals surface area contributed by atoms with Gasteiger partial charge >= 0.3 is 0 Å². The minimum Gasteiger partial charge on any atom is -0.493 e. The predicted molar refractivity (Wildman–Crippen MR) is 138 cm³/mol. The molecule has 0 bridgehead atoms. The first-order valence-corrected chi connectivity index (χ1v) is 12.9. The van der Waals surface area contributed by atoms with Crippen LogP contribution in [0.2, 0.25) is 0 Å². The van der Waals surface area contributed by atoms with E-state index in [0.717, 1.165) is 71.6 Å². The molecule has 172 valence electrons. The van der Waals surface area contributed by atoms with Gasteiger partial charge in [0.2, 0.25) is 0 Å². The van der Waals surface area contributed by atoms with E-state index in [1.807, 2.05) is 31.3 Å². The molecule has 0 spiro atoms. The molecule has 0 saturated heterocycles. The molecule has 2 atom stereocenters. The van der Waals surface area contributed by atoms with Gasteiger partial charge in [0.25, 0.3) is 0 Å². The Morgan fingerprint density at radius 3 is 2.94 bits per heavy atom. The summed E-state index contributed by atoms with van der Waals surface area (Å²) in [5.41, 5.74) is 4.65. The third-order valence-corrected chi connectivity index (χ3v) is 7.92. The zero-order chi connectivity index (χ0) is 23.1. The number of Topliss-reactive ketones (excluding diaryl/α,β-unsaturated/α-hetero) is 1. The maximum atomic E-state index is 13.1. The molecule has 1 aliphatic heterocycles. The van der Waals surface area contributed by atoms with Gasteiger partial charge in [-0.2, -0.15) is 0 Å². The number of thiophene rings is 1. The minimum absolute atomic E-state index is 0.0960. The highest BCUT2D eigenvalue weighted by atomic mass is 32.1. The molecule has 34 heavy (non-hydrogen) atoms. The lowest BCUT2D eigenvalue weighted by Gasteiger charge is -2.15. The van der Waals surface area contributed by atoms with Gasteiger partial charge in [-0.05, 0) is 61.4 Å². The fourth-order valence-corrected chi connectivity index (χ4v) is 6.03. The lowest BCUT2D eigenvalue weighted by atomic mass is 9.89. The fraction of sp³-hybridized carbons (Fsp3) is 0.321. The third-order valence-electron chi connectivity index (χ3n) is 7.05. The minimum atomic E-state index is 0.0960. The van der Waals surface area contributed by atoms with Crippen molar-refractivity contribution in [3.63, 3.8) is 0 Å². The summed E-state index contributed by atoms with van der Waals surface area (Å²) in [6.45, 7) is 3.42. The van der Waals surface area contributed by atoms with E-state index in [0.29, 0.717) is 6.61 Å². The van der Waals surface area contributed by atoms with Crippen LogP contribution in [-0.4, -0.2) is 28.2 Å². The zero-order valence-electron chi connectivity index (χ0n) is 19.2. The van der Waals surface area contributed by atoms with Crippen LogP contribution in [0.3, 0.4) is 0 Å². The number of aryl methyl sites for hydroxylation is 2. The molecule has 4 aromatic rings. The number of ether oxygens (including phenoxy) is 1. The van der Waals surface area contributed by atoms with E-state index in [9.17, 15) is 4.79 Å². The lowest BCUT2D eigenvalue weighted by Crippen LogP contribution is -2.18. The molecule has 1 fully saturated rings. The summed E-state index contributed by atoms with van der Waals surface area (Å²) in [4.78, 5) is 23.8. The van der Waals surface area contributed by atoms with Gasteiger partial charge in [-0.3, -0.25) is 9.79 Å². The van der Waals surface area contributed by atoms with Crippen molar-refractivity contribution in [2.45, 2.75) is 39.2 Å². The van der Waals surface area contributed by atoms with Crippen molar-refractivity contribution >= 4 is 40.1 Å². The number of aromatic nitrogens is 2. The molecule has 0 amide bonds. The average Bonchev–Trinajstić information content (AvgIpc) is 3.59. The summed E-state index contributed by atoms with van der Waals surface area (Å²) < 4.78 is 8.49. The molecule has 2 aromatic carbocycles. The number of imidazole rings is 1. The van der Waals surface area contributed by atoms with Gasteiger partial charge in [0.05, 0.1) is 28.2 Å². The van der Waals surface area contributed by atoms with E-state index in [2.05, 4.69) is 45.3 Å². The van der Waals surface area contributed by atoms with Crippen LogP contribution in [0.4, 0.5) is 5.69 Å². The molecular formula is C28H27N3O2S. The van der Waals surface area contributed by atoms with Crippen LogP contribution in [0, 0.1) is 18.8 Å². The second-order valence-electron chi connectivity index (χ2n) is 9.23. The number of benzene rings is 2. The highest BCUT2D eigenvalue weighted by Crippen LogP contribution is 2.40. The summed E-state index contributed by atoms with van der Waals surface area (Å²) in [7, 11) is 0. The van der Waals surface area contributed by atoms with Gasteiger partial charge in [0.15, 0.2) is 11.6 Å². The van der Waals surface area contributed by atoms with E-state index >= 15 is 0 Å². The number of fused-ring (bicyclic) bond motifs is 3. The van der Waals surface area contributed by atoms with E-state index in [1.165, 1.54) is 4.88 Å². The number of hydrogen-bond donors (Lipinski definition) is 0. The van der Waals surface area contributed by atoms with E-state index in [4.69, 9.17) is 9.72 Å². The maximum absolute atomic E-state index is 13.1. The van der Waals surface area contributed by atoms with Gasteiger partial charge in [-0.1, -0.05) is 24.6 Å². The number of hydrogen-bond acceptors (Lipinski definition) is 5. The average molecular weight is 470 g/mol. The SMILES string of the molecule is Cc1cc2c(cc1OCCCn1c(-c3cccs3)nc3ccccc31)N=C[C@@H]1CCCC1C2=O. The van der Waals surface area contributed by atoms with Crippen LogP contribution >= 0.6 is 11.3 Å². The Balaban J connectivity index is 1.19. The molecule has 1 aliphatic carbocycles. The Morgan fingerprint density at radius 2 is 2.06 bits per heavy atom. The van der Waals surface area contributed by atoms with Gasteiger partial charge in [-0.25, -0.2) is 4.98 Å². The predicted octanol–water partition coefficient (Wildman–Crippen LogP) is 6.86. The molecule has 6 heteroatoms. The largest absolute Gasteiger partial charge is 0.493 e. The quantitative estimate of drug-likeness (QED) is 0.290. The highest BCUT2D eigenvalue weighted by Gasteiger charge is 2.35. The van der Waals surface area contributed by atoms with Crippen molar-refractivity contribution in [2.75, 3.05) is 6.61 Å². The number of nitrogens with zero attached hydrogens (tertiary/aromatic N) is 3. The number of ketones is 1. The van der Waals surface area contributed by atoms with Gasteiger partial charge in [0, 0.05) is 36.2 Å². The molecule has 1 saturated carbocycles. The summed E-state index contributed by atoms with van der Waals surface area (Å²) in [5, 5.41) is 2.09. The van der Waals surface area contributed by atoms with Crippen LogP contribution in [0.1, 0.15) is 41.6 Å². The molecule has 3 heterocycles. The number of carbonyl (C=O) groups is 1. The Hall–Kier alpha value is -3.25. The van der Waals surface area contributed by atoms with Crippen LogP contribution in [-0.2, 0) is 6.54 Å². The number of rotatable bonds is 6. The standard InChI is InChI=1S/C28H27N3O2S/c1-18-15-21-23(29-17-19-7-4-8-20(19)27(21)32)16-25(18)33-13-6-12-31-24-10-3-2-9-22(24)30-28(31)26-11-5-14-34-26/h2-3,5,9-11,14-17,19-20H,4,6-8,12-13H2,1H3/t19-,20?/m0/s1. The van der Waals surface area contributed by atoms with Crippen molar-refractivity contribution in [3.05, 3.63) is 65.0 Å². The lowest BCUT2D eigenvalue weighted by molar-refractivity contribution is 0.0912. The Bertz CT molecular complexity index is 1390. The van der Waals surface area contributed by atoms with Gasteiger partial charge < -0.3 is 9.30 Å². The summed E-state index contributed by atoms with van der Waals surface area (Å²) in [6, 6.07) is 16.4. The number of aliphatic imine (C=N–C) groups is 1. The van der Waals surface area contributed by atoms with Crippen molar-refractivity contribution in [1.82, 2.24) is 9.55 Å². The summed E-state index contributed by atoms with van der Waals surface area (Å²) in [5.74, 6) is 2.45. The molecule has 1 unspecified atom stereocenters. The van der Waals surface area contributed by atoms with Crippen molar-refractivity contribution in [2.24, 2.45) is 16.8 Å². The second kappa shape index (κ2) is 8.84. The first-order chi connectivity index (χ1) is 16.7. The van der Waals surface area contributed by atoms with Crippen molar-refractivity contribution < 1.29 is 9.53 Å². The summed E-state index contributed by atoms with van der Waals surface area (Å²) in [6.07, 6.45) is 6.00. The molecule has 5 nitrogen and oxygen atoms in total. The monoisotopic (exact) mass is 469 g/mol. The Kier molecular flexibility index (Phi) is 5.53. The molecule has 2 aromatic heterocycles. The second-order valence-corrected chi connectivity index (χ2v) is 10.2. The molecule has 0 N–H and O–H groups in total. The van der Waals surface area contributed by atoms with E-state index in [-0.39, 0.29) is 17.6 Å². The van der Waals surface area contributed by atoms with Gasteiger partial charge in [0.1, 0.15) is 5.75 Å². The van der Waals surface area contributed by atoms with Crippen LogP contribution in [0.15, 0.2) is 58.9 Å². The number of carbonyl (C=O) groups excluding carboxylic acids is 1. The van der Waals surface area contributed by atoms with E-state index < -0.39 is 0 Å². The van der Waals surface area contributed by atoms with Crippen LogP contribution in [0.5, 0.6) is 5.75 Å². The first-order valence-electron chi connectivity index (χ1n) is 12.0. The van der Waals surface area contributed by atoms with Crippen molar-refractivity contribution in [3.8, 4) is 16.5 Å². The third kappa shape index (κ3) is 3.76. The van der Waals surface area contributed by atoms with Crippen LogP contribution in [0.25, 0.3) is 21.7 Å². The smallest absolute Gasteiger partial charge is 0.168 e. The molecular weight excluding hydrogens is 442 g/mol. The normalized spacial score (nSPS) is 19.3. The number of para-hydroxylation sites is 2. The van der Waals surface area contributed by atoms with Crippen LogP contribution < -0.4 is 4.74 Å². The van der Waals surface area contributed by atoms with E-state index in [1.54, 1.807) is 11.3 Å². The zero-order valence-corrected chi connectivity index (χ0v) is 20.1. The Labute approximate surface area is 203 Å². The first kappa shape index (κ1) is 21.3. The topological polar surface area (TPSA) is 56.5 Å². The Morgan fingerprint density at radius 1 is 1.15 bits per heavy atom. The molecule has 6 rings (SSSR count). The van der Waals surface area contributed by atoms with Gasteiger partial charge in [-0.15, -0.1) is 11.3 Å². The fourth-order valence-electron chi connectivity index (χ4n) is 5.31. The van der Waals surface area contributed by atoms with Crippen molar-refractivity contribution in [1.29, 1.82) is 0 Å².